The topological polar surface area (TPSA) is 507 Å². The van der Waals surface area contributed by atoms with Gasteiger partial charge in [-0.2, -0.15) is 9.97 Å². The maximum Gasteiger partial charge on any atom is 0.274 e. The number of hydrogen-bond donors (Lipinski definition) is 12. The van der Waals surface area contributed by atoms with Crippen molar-refractivity contribution in [2.45, 2.75) is 70.9 Å². The average Bonchev–Trinajstić information content (AvgIpc) is 1.62. The highest BCUT2D eigenvalue weighted by atomic mass is 35.5. The van der Waals surface area contributed by atoms with Crippen LogP contribution in [0.15, 0.2) is 84.5 Å². The van der Waals surface area contributed by atoms with Gasteiger partial charge in [0, 0.05) is 68.9 Å². The second-order valence-corrected chi connectivity index (χ2v) is 31.3. The second kappa shape index (κ2) is 36.3. The lowest BCUT2D eigenvalue weighted by Gasteiger charge is -2.21. The molecule has 37 nitrogen and oxygen atoms in total. The van der Waals surface area contributed by atoms with Crippen molar-refractivity contribution in [1.29, 1.82) is 0 Å². The monoisotopic (exact) mass is 1710 g/mol. The van der Waals surface area contributed by atoms with Crippen molar-refractivity contribution < 1.29 is 52.8 Å². The Kier molecular flexibility index (Phi) is 25.8. The van der Waals surface area contributed by atoms with Crippen LogP contribution in [0.3, 0.4) is 0 Å². The van der Waals surface area contributed by atoms with Gasteiger partial charge in [0.1, 0.15) is 67.0 Å². The molecule has 4 aliphatic heterocycles. The standard InChI is InChI=1S/C27H26ClN7O3S2.C21H23ClN8O6S2.C21H24N8O5S2/c1-14(8-9-16-6-4-10-38-16)31-23(29)21-24(36)34-40-25(21)33-27-30-12-20(39-27)26(37)35-13-17(28)22-19(35)11-15-5-2-3-7-18(15)32-22;1-3-11(31)25-16-13(32)9-4-6-30(10(9)8-24-16)20(34)14-18(35-2)26-21(37-14)27-19-12(17(33)29-38-19)15(23)28-36-7-5-22;1-32-7-4-23-15(22)13-17(30)28-36-19(13)27-21-26-18(33-2)14(35-21)20(31)29-6-3-10-11(29)9-12-16(25-10)24-5-8-34-12/h2-3,5,7,11-14,16H,4,6,8-10H2,1H3,(H2,29,31)(H,30,33)(H,34,36);8,32H,3-7H2,1-2H3,(H2,23,28)(H,26,27)(H,29,33)(H,24,25,31);9H,3-8H2,1-2H3,(H2,22,23)(H,24,25)(H,26,27)(H,28,30). The maximum absolute atomic E-state index is 13.5. The number of pyridine rings is 3. The lowest BCUT2D eigenvalue weighted by molar-refractivity contribution is -0.115. The minimum absolute atomic E-state index is 0.0453. The van der Waals surface area contributed by atoms with Gasteiger partial charge in [-0.15, -0.1) is 11.6 Å². The third-order valence-corrected chi connectivity index (χ3v) is 23.3. The van der Waals surface area contributed by atoms with E-state index in [0.29, 0.717) is 125 Å². The van der Waals surface area contributed by atoms with Crippen molar-refractivity contribution in [3.63, 3.8) is 0 Å². The highest BCUT2D eigenvalue weighted by Gasteiger charge is 2.36. The van der Waals surface area contributed by atoms with Crippen LogP contribution in [0.5, 0.6) is 23.3 Å². The molecule has 0 saturated carbocycles. The smallest absolute Gasteiger partial charge is 0.274 e. The van der Waals surface area contributed by atoms with E-state index in [4.69, 9.17) is 68.9 Å². The molecule has 2 unspecified atom stereocenters. The number of aromatic hydroxyl groups is 1. The molecule has 3 amide bonds. The maximum atomic E-state index is 13.5. The number of carbonyl (C=O) groups excluding carboxylic acids is 4. The Morgan fingerprint density at radius 3 is 2.07 bits per heavy atom. The SMILES string of the molecule is CC(CCC1CCCO1)N=C(N)c1c(Nc2ncc(C(=O)n3cc(Cl)c4nc5ccccc5cc43)s2)s[nH]c1=O.CCC(=O)Nc1ncc2c(c1O)CCN2C(=O)c1sc(Nc2s[nH]c(=O)c2C(N)=NOCCCl)nc1OC.COCCN=C(N)c1c(Nc2nc(OC)c(C(=O)N3CCc4nc5c(cc43)OCCN5)s2)s[nH]c1=O. The Morgan fingerprint density at radius 1 is 0.772 bits per heavy atom. The number of para-hydroxylation sites is 1. The Balaban J connectivity index is 0.000000149. The summed E-state index contributed by atoms with van der Waals surface area (Å²) in [5.41, 5.74) is 22.0. The van der Waals surface area contributed by atoms with Crippen molar-refractivity contribution in [2.75, 3.05) is 116 Å². The number of halogens is 2. The minimum atomic E-state index is -0.483. The summed E-state index contributed by atoms with van der Waals surface area (Å²) >= 11 is 18.4. The lowest BCUT2D eigenvalue weighted by Crippen LogP contribution is -2.28. The molecule has 2 atom stereocenters. The van der Waals surface area contributed by atoms with Gasteiger partial charge >= 0.3 is 0 Å². The average molecular weight is 1710 g/mol. The van der Waals surface area contributed by atoms with Crippen LogP contribution in [0.1, 0.15) is 103 Å². The quantitative estimate of drug-likeness (QED) is 0.00790. The summed E-state index contributed by atoms with van der Waals surface area (Å²) in [6.07, 6.45) is 9.88. The van der Waals surface area contributed by atoms with E-state index < -0.39 is 11.5 Å². The summed E-state index contributed by atoms with van der Waals surface area (Å²) in [6.45, 7) is 7.27. The molecule has 0 aliphatic carbocycles. The summed E-state index contributed by atoms with van der Waals surface area (Å²) in [7, 11) is 4.38. The normalized spacial score (nSPS) is 14.7. The van der Waals surface area contributed by atoms with Crippen LogP contribution in [0.4, 0.5) is 53.4 Å². The Morgan fingerprint density at radius 2 is 1.42 bits per heavy atom. The van der Waals surface area contributed by atoms with Gasteiger partial charge in [0.2, 0.25) is 17.7 Å². The molecule has 15 N–H and O–H groups in total. The number of alkyl halides is 1. The number of anilines is 10. The summed E-state index contributed by atoms with van der Waals surface area (Å²) in [5.74, 6) is 0.451. The van der Waals surface area contributed by atoms with E-state index in [1.54, 1.807) is 25.1 Å². The van der Waals surface area contributed by atoms with E-state index in [0.717, 1.165) is 117 Å². The molecule has 15 rings (SSSR count). The number of carbonyl (C=O) groups is 4. The third kappa shape index (κ3) is 17.8. The predicted octanol–water partition coefficient (Wildman–Crippen LogP) is 9.11. The van der Waals surface area contributed by atoms with Crippen LogP contribution in [-0.4, -0.2) is 186 Å². The van der Waals surface area contributed by atoms with E-state index >= 15 is 0 Å². The van der Waals surface area contributed by atoms with E-state index in [2.05, 4.69) is 84.7 Å². The highest BCUT2D eigenvalue weighted by Crippen LogP contribution is 2.43. The van der Waals surface area contributed by atoms with Crippen molar-refractivity contribution in [3.8, 4) is 23.3 Å². The van der Waals surface area contributed by atoms with Crippen LogP contribution >= 0.6 is 91.8 Å². The number of amides is 3. The number of aliphatic imine (C=N–C) groups is 2. The number of rotatable bonds is 26. The molecule has 1 saturated heterocycles. The number of amidine groups is 3. The minimum Gasteiger partial charge on any atom is -0.504 e. The molecule has 45 heteroatoms. The van der Waals surface area contributed by atoms with Crippen LogP contribution in [-0.2, 0) is 31.9 Å². The number of H-pyrrole nitrogens is 3. The number of hydrogen-bond acceptors (Lipinski definition) is 33. The van der Waals surface area contributed by atoms with Crippen LogP contribution in [0.2, 0.25) is 5.02 Å². The number of ether oxygens (including phenoxy) is 5. The number of nitrogens with two attached hydrogens (primary N) is 3. The predicted molar refractivity (Wildman–Crippen MR) is 443 cm³/mol. The van der Waals surface area contributed by atoms with Gasteiger partial charge in [-0.25, -0.2) is 19.9 Å². The number of oxime groups is 1. The summed E-state index contributed by atoms with van der Waals surface area (Å²) in [4.78, 5) is 134. The van der Waals surface area contributed by atoms with Crippen molar-refractivity contribution in [2.24, 2.45) is 32.3 Å². The molecular formula is C69H73Cl2N23O14S6. The second-order valence-electron chi connectivity index (χ2n) is 25.1. The molecule has 0 radical (unpaired) electrons. The molecule has 1 aromatic carbocycles. The first-order valence-electron chi connectivity index (χ1n) is 35.1. The molecule has 0 bridgehead atoms. The van der Waals surface area contributed by atoms with Gasteiger partial charge in [0.05, 0.1) is 91.4 Å². The summed E-state index contributed by atoms with van der Waals surface area (Å²) in [5, 5.41) is 32.8. The molecular weight excluding hydrogens is 1640 g/mol. The van der Waals surface area contributed by atoms with Gasteiger partial charge in [-0.1, -0.05) is 75.9 Å². The Bertz CT molecular complexity index is 5720. The number of aromatic nitrogens is 10. The molecule has 10 aromatic heterocycles. The zero-order chi connectivity index (χ0) is 80.4. The Hall–Kier alpha value is -11.2. The van der Waals surface area contributed by atoms with Gasteiger partial charge in [0.15, 0.2) is 54.1 Å². The summed E-state index contributed by atoms with van der Waals surface area (Å²) in [6, 6.07) is 11.3. The fraction of sp³-hybridized carbons (Fsp3) is 0.333. The fourth-order valence-electron chi connectivity index (χ4n) is 12.2. The Labute approximate surface area is 680 Å². The number of fused-ring (bicyclic) bond motifs is 5. The van der Waals surface area contributed by atoms with E-state index in [9.17, 15) is 38.7 Å². The highest BCUT2D eigenvalue weighted by molar-refractivity contribution is 7.19. The van der Waals surface area contributed by atoms with Crippen LogP contribution in [0, 0.1) is 0 Å². The van der Waals surface area contributed by atoms with Gasteiger partial charge in [-0.05, 0) is 85.8 Å². The molecule has 1 fully saturated rings. The van der Waals surface area contributed by atoms with E-state index in [-0.39, 0.29) is 134 Å². The van der Waals surface area contributed by atoms with Gasteiger partial charge in [0.25, 0.3) is 34.4 Å². The zero-order valence-electron chi connectivity index (χ0n) is 61.2. The van der Waals surface area contributed by atoms with Crippen molar-refractivity contribution in [1.82, 2.24) is 47.6 Å². The number of nitrogens with zero attached hydrogens (tertiary/aromatic N) is 12. The molecule has 598 valence electrons. The zero-order valence-corrected chi connectivity index (χ0v) is 67.6. The lowest BCUT2D eigenvalue weighted by atomic mass is 10.1. The molecule has 14 heterocycles. The fourth-order valence-corrected chi connectivity index (χ4v) is 17.5. The van der Waals surface area contributed by atoms with Gasteiger partial charge in [-0.3, -0.25) is 61.2 Å². The first-order chi connectivity index (χ1) is 55.1. The van der Waals surface area contributed by atoms with Crippen molar-refractivity contribution in [3.05, 3.63) is 134 Å². The molecule has 0 spiro atoms. The molecule has 4 aliphatic rings. The number of benzene rings is 1. The number of thiazole rings is 3. The number of aromatic amines is 3. The van der Waals surface area contributed by atoms with Crippen LogP contribution in [0.25, 0.3) is 21.9 Å². The van der Waals surface area contributed by atoms with E-state index in [1.807, 2.05) is 43.3 Å². The number of nitrogens with one attached hydrogen (secondary N) is 8. The van der Waals surface area contributed by atoms with Crippen LogP contribution < -0.4 is 84.5 Å². The van der Waals surface area contributed by atoms with Gasteiger partial charge < -0.3 is 87.2 Å². The first-order valence-corrected chi connectivity index (χ1v) is 40.9. The molecule has 11 aromatic rings. The first kappa shape index (κ1) is 80.9. The number of methoxy groups -OCH3 is 3. The van der Waals surface area contributed by atoms with E-state index in [1.165, 1.54) is 36.1 Å². The largest absolute Gasteiger partial charge is 0.504 e. The third-order valence-electron chi connectivity index (χ3n) is 17.7. The summed E-state index contributed by atoms with van der Waals surface area (Å²) < 4.78 is 36.5. The molecule has 114 heavy (non-hydrogen) atoms. The van der Waals surface area contributed by atoms with Crippen molar-refractivity contribution >= 4 is 208 Å².